The number of fused-ring (bicyclic) bond motifs is 1. The van der Waals surface area contributed by atoms with Gasteiger partial charge in [-0.05, 0) is 31.0 Å². The van der Waals surface area contributed by atoms with Crippen LogP contribution in [0.25, 0.3) is 0 Å². The van der Waals surface area contributed by atoms with E-state index >= 15 is 0 Å². The number of anilines is 1. The summed E-state index contributed by atoms with van der Waals surface area (Å²) in [5.74, 6) is 0.630. The third-order valence-electron chi connectivity index (χ3n) is 3.79. The summed E-state index contributed by atoms with van der Waals surface area (Å²) in [5.41, 5.74) is 3.33. The first-order valence-electron chi connectivity index (χ1n) is 7.76. The van der Waals surface area contributed by atoms with Crippen LogP contribution in [0.2, 0.25) is 0 Å². The summed E-state index contributed by atoms with van der Waals surface area (Å²) < 4.78 is 2.23. The summed E-state index contributed by atoms with van der Waals surface area (Å²) in [6.45, 7) is 4.39. The summed E-state index contributed by atoms with van der Waals surface area (Å²) >= 11 is 2.89. The van der Waals surface area contributed by atoms with Gasteiger partial charge in [0.05, 0.1) is 23.5 Å². The largest absolute Gasteiger partial charge is 0.283 e. The molecule has 1 aromatic heterocycles. The van der Waals surface area contributed by atoms with Crippen molar-refractivity contribution in [2.75, 3.05) is 12.1 Å². The summed E-state index contributed by atoms with van der Waals surface area (Å²) in [5, 5.41) is 19.6. The standard InChI is InChI=1S/C17H17N5OS2/c1-4-22-16(23)15-14(9-19-22)21(3)20-17(25-15)24-10-12-6-5-11(2)7-13(12)8-18/h5-7,9H,4,10H2,1-3H3. The number of hydrazone groups is 1. The number of aryl methyl sites for hydroxylation is 2. The van der Waals surface area contributed by atoms with Crippen LogP contribution in [0.3, 0.4) is 0 Å². The molecule has 2 aromatic rings. The van der Waals surface area contributed by atoms with E-state index in [9.17, 15) is 10.1 Å². The van der Waals surface area contributed by atoms with Gasteiger partial charge in [0.25, 0.3) is 5.56 Å². The van der Waals surface area contributed by atoms with Gasteiger partial charge in [-0.3, -0.25) is 9.80 Å². The lowest BCUT2D eigenvalue weighted by atomic mass is 10.1. The van der Waals surface area contributed by atoms with E-state index in [4.69, 9.17) is 0 Å². The first kappa shape index (κ1) is 17.6. The molecular weight excluding hydrogens is 354 g/mol. The van der Waals surface area contributed by atoms with Gasteiger partial charge in [-0.1, -0.05) is 35.7 Å². The van der Waals surface area contributed by atoms with E-state index in [2.05, 4.69) is 16.3 Å². The highest BCUT2D eigenvalue weighted by atomic mass is 32.2. The van der Waals surface area contributed by atoms with Crippen molar-refractivity contribution < 1.29 is 0 Å². The first-order valence-corrected chi connectivity index (χ1v) is 9.56. The Labute approximate surface area is 154 Å². The van der Waals surface area contributed by atoms with Crippen LogP contribution in [-0.4, -0.2) is 21.2 Å². The maximum absolute atomic E-state index is 12.5. The lowest BCUT2D eigenvalue weighted by molar-refractivity contribution is 0.601. The zero-order valence-electron chi connectivity index (χ0n) is 14.2. The summed E-state index contributed by atoms with van der Waals surface area (Å²) in [7, 11) is 1.81. The van der Waals surface area contributed by atoms with E-state index in [1.807, 2.05) is 39.1 Å². The van der Waals surface area contributed by atoms with E-state index in [1.54, 1.807) is 11.2 Å². The monoisotopic (exact) mass is 371 g/mol. The normalized spacial score (nSPS) is 13.2. The number of aromatic nitrogens is 2. The second kappa shape index (κ2) is 7.33. The van der Waals surface area contributed by atoms with Gasteiger partial charge in [-0.2, -0.15) is 15.5 Å². The van der Waals surface area contributed by atoms with E-state index in [0.29, 0.717) is 22.8 Å². The molecule has 0 aliphatic carbocycles. The molecule has 1 aromatic carbocycles. The molecule has 0 spiro atoms. The molecule has 128 valence electrons. The average Bonchev–Trinajstić information content (AvgIpc) is 2.61. The molecule has 25 heavy (non-hydrogen) atoms. The fraction of sp³-hybridized carbons (Fsp3) is 0.294. The summed E-state index contributed by atoms with van der Waals surface area (Å²) in [6, 6.07) is 8.10. The van der Waals surface area contributed by atoms with E-state index < -0.39 is 0 Å². The molecule has 0 unspecified atom stereocenters. The highest BCUT2D eigenvalue weighted by molar-refractivity contribution is 8.38. The van der Waals surface area contributed by atoms with Crippen LogP contribution < -0.4 is 10.6 Å². The number of thioether (sulfide) groups is 2. The molecule has 0 saturated carbocycles. The number of hydrogen-bond acceptors (Lipinski definition) is 7. The maximum atomic E-state index is 12.5. The van der Waals surface area contributed by atoms with Crippen LogP contribution in [0.15, 0.2) is 39.2 Å². The van der Waals surface area contributed by atoms with Gasteiger partial charge in [0, 0.05) is 19.3 Å². The van der Waals surface area contributed by atoms with Gasteiger partial charge in [-0.15, -0.1) is 0 Å². The van der Waals surface area contributed by atoms with E-state index in [-0.39, 0.29) is 5.56 Å². The van der Waals surface area contributed by atoms with Gasteiger partial charge in [0.2, 0.25) is 0 Å². The predicted molar refractivity (Wildman–Crippen MR) is 103 cm³/mol. The zero-order chi connectivity index (χ0) is 18.0. The minimum Gasteiger partial charge on any atom is -0.266 e. The van der Waals surface area contributed by atoms with E-state index in [0.717, 1.165) is 21.2 Å². The second-order valence-electron chi connectivity index (χ2n) is 5.53. The van der Waals surface area contributed by atoms with Gasteiger partial charge >= 0.3 is 0 Å². The molecule has 1 aliphatic rings. The van der Waals surface area contributed by atoms with Crippen molar-refractivity contribution in [2.45, 2.75) is 31.0 Å². The molecule has 0 saturated heterocycles. The molecule has 2 heterocycles. The topological polar surface area (TPSA) is 74.3 Å². The molecule has 0 radical (unpaired) electrons. The third-order valence-corrected chi connectivity index (χ3v) is 6.02. The molecule has 0 bridgehead atoms. The number of rotatable bonds is 3. The zero-order valence-corrected chi connectivity index (χ0v) is 15.8. The maximum Gasteiger partial charge on any atom is 0.283 e. The van der Waals surface area contributed by atoms with Crippen LogP contribution >= 0.6 is 23.5 Å². The number of benzene rings is 1. The van der Waals surface area contributed by atoms with Crippen LogP contribution in [0.5, 0.6) is 0 Å². The number of hydrogen-bond donors (Lipinski definition) is 0. The molecule has 1 aliphatic heterocycles. The van der Waals surface area contributed by atoms with Crippen molar-refractivity contribution in [1.29, 1.82) is 5.26 Å². The third kappa shape index (κ3) is 3.57. The lowest BCUT2D eigenvalue weighted by Crippen LogP contribution is -2.28. The number of nitrogens with zero attached hydrogens (tertiary/aromatic N) is 5. The Morgan fingerprint density at radius 2 is 2.20 bits per heavy atom. The van der Waals surface area contributed by atoms with Crippen LogP contribution in [0, 0.1) is 18.3 Å². The smallest absolute Gasteiger partial charge is 0.266 e. The Balaban J connectivity index is 1.82. The van der Waals surface area contributed by atoms with E-state index in [1.165, 1.54) is 28.2 Å². The first-order chi connectivity index (χ1) is 12.0. The van der Waals surface area contributed by atoms with Crippen molar-refractivity contribution in [1.82, 2.24) is 9.78 Å². The minimum absolute atomic E-state index is 0.0992. The van der Waals surface area contributed by atoms with Crippen molar-refractivity contribution in [3.05, 3.63) is 51.4 Å². The average molecular weight is 371 g/mol. The van der Waals surface area contributed by atoms with Crippen molar-refractivity contribution >= 4 is 33.6 Å². The Bertz CT molecular complexity index is 945. The molecule has 0 atom stereocenters. The van der Waals surface area contributed by atoms with Crippen molar-refractivity contribution in [3.63, 3.8) is 0 Å². The summed E-state index contributed by atoms with van der Waals surface area (Å²) in [4.78, 5) is 13.1. The molecule has 8 heteroatoms. The molecule has 0 fully saturated rings. The SMILES string of the molecule is CCn1ncc2c(c1=O)SC(SCc1ccc(C)cc1C#N)=NN2C. The van der Waals surface area contributed by atoms with Gasteiger partial charge in [-0.25, -0.2) is 4.68 Å². The Kier molecular flexibility index (Phi) is 5.16. The van der Waals surface area contributed by atoms with Crippen LogP contribution in [0.4, 0.5) is 5.69 Å². The van der Waals surface area contributed by atoms with Crippen molar-refractivity contribution in [3.8, 4) is 6.07 Å². The Hall–Kier alpha value is -2.24. The highest BCUT2D eigenvalue weighted by Gasteiger charge is 2.23. The fourth-order valence-corrected chi connectivity index (χ4v) is 4.61. The fourth-order valence-electron chi connectivity index (χ4n) is 2.42. The number of nitriles is 1. The van der Waals surface area contributed by atoms with Crippen molar-refractivity contribution in [2.24, 2.45) is 5.10 Å². The molecule has 0 N–H and O–H groups in total. The molecule has 3 rings (SSSR count). The quantitative estimate of drug-likeness (QED) is 0.825. The Morgan fingerprint density at radius 1 is 1.40 bits per heavy atom. The summed E-state index contributed by atoms with van der Waals surface area (Å²) in [6.07, 6.45) is 1.67. The molecule has 6 nitrogen and oxygen atoms in total. The Morgan fingerprint density at radius 3 is 2.92 bits per heavy atom. The van der Waals surface area contributed by atoms with Gasteiger partial charge in [0.15, 0.2) is 4.38 Å². The van der Waals surface area contributed by atoms with Gasteiger partial charge in [0.1, 0.15) is 4.90 Å². The van der Waals surface area contributed by atoms with Crippen LogP contribution in [0.1, 0.15) is 23.6 Å². The van der Waals surface area contributed by atoms with Gasteiger partial charge < -0.3 is 0 Å². The second-order valence-corrected chi connectivity index (χ2v) is 7.75. The predicted octanol–water partition coefficient (Wildman–Crippen LogP) is 3.19. The molecule has 0 amide bonds. The molecular formula is C17H17N5OS2. The van der Waals surface area contributed by atoms with Crippen LogP contribution in [-0.2, 0) is 12.3 Å². The minimum atomic E-state index is -0.0992. The lowest BCUT2D eigenvalue weighted by Gasteiger charge is -2.23. The highest BCUT2D eigenvalue weighted by Crippen LogP contribution is 2.36.